The van der Waals surface area contributed by atoms with Gasteiger partial charge in [-0.05, 0) is 67.1 Å². The molecule has 0 aromatic heterocycles. The predicted molar refractivity (Wildman–Crippen MR) is 119 cm³/mol. The van der Waals surface area contributed by atoms with Gasteiger partial charge in [0.15, 0.2) is 0 Å². The molecule has 9 heteroatoms. The monoisotopic (exact) mass is 516 g/mol. The largest absolute Gasteiger partial charge is 0.416 e. The first kappa shape index (κ1) is 22.5. The van der Waals surface area contributed by atoms with Crippen LogP contribution in [0.3, 0.4) is 0 Å². The standard InChI is InChI=1S/C22H24BrF3N2O2S/c23-18-6-8-19(9-7-18)31(29,30)27-20-13-17(22(24,25)26)5-10-21(20)28-12-11-15-3-1-2-4-16(15)14-28/h5-10,13,15-16,27H,1-4,11-12,14H2/t15?,16-/m0/s1. The van der Waals surface area contributed by atoms with E-state index in [0.29, 0.717) is 28.5 Å². The maximum atomic E-state index is 13.4. The molecule has 1 aliphatic heterocycles. The van der Waals surface area contributed by atoms with E-state index in [2.05, 4.69) is 20.7 Å². The summed E-state index contributed by atoms with van der Waals surface area (Å²) >= 11 is 3.26. The van der Waals surface area contributed by atoms with Crippen molar-refractivity contribution in [2.75, 3.05) is 22.7 Å². The Morgan fingerprint density at radius 3 is 2.32 bits per heavy atom. The van der Waals surface area contributed by atoms with Gasteiger partial charge in [-0.3, -0.25) is 4.72 Å². The fraction of sp³-hybridized carbons (Fsp3) is 0.455. The predicted octanol–water partition coefficient (Wildman–Crippen LogP) is 6.29. The molecule has 1 N–H and O–H groups in total. The molecule has 0 radical (unpaired) electrons. The molecule has 2 fully saturated rings. The number of nitrogens with one attached hydrogen (secondary N) is 1. The van der Waals surface area contributed by atoms with Crippen LogP contribution in [0.15, 0.2) is 51.8 Å². The van der Waals surface area contributed by atoms with Crippen molar-refractivity contribution in [3.8, 4) is 0 Å². The van der Waals surface area contributed by atoms with E-state index in [1.54, 1.807) is 12.1 Å². The summed E-state index contributed by atoms with van der Waals surface area (Å²) in [5.74, 6) is 1.16. The number of sulfonamides is 1. The molecule has 1 unspecified atom stereocenters. The summed E-state index contributed by atoms with van der Waals surface area (Å²) in [5.41, 5.74) is -0.415. The summed E-state index contributed by atoms with van der Waals surface area (Å²) in [6, 6.07) is 9.30. The lowest BCUT2D eigenvalue weighted by atomic mass is 9.75. The molecule has 1 saturated heterocycles. The Balaban J connectivity index is 1.68. The van der Waals surface area contributed by atoms with E-state index in [1.807, 2.05) is 4.90 Å². The van der Waals surface area contributed by atoms with Gasteiger partial charge in [0.25, 0.3) is 10.0 Å². The normalized spacial score (nSPS) is 22.1. The zero-order valence-corrected chi connectivity index (χ0v) is 19.2. The quantitative estimate of drug-likeness (QED) is 0.519. The molecule has 2 aromatic carbocycles. The number of fused-ring (bicyclic) bond motifs is 1. The number of nitrogens with zero attached hydrogens (tertiary/aromatic N) is 1. The third kappa shape index (κ3) is 5.03. The first-order valence-electron chi connectivity index (χ1n) is 10.4. The first-order chi connectivity index (χ1) is 14.6. The highest BCUT2D eigenvalue weighted by Gasteiger charge is 2.35. The van der Waals surface area contributed by atoms with Crippen LogP contribution in [0.5, 0.6) is 0 Å². The topological polar surface area (TPSA) is 49.4 Å². The van der Waals surface area contributed by atoms with Crippen molar-refractivity contribution in [1.82, 2.24) is 0 Å². The highest BCUT2D eigenvalue weighted by atomic mass is 79.9. The first-order valence-corrected chi connectivity index (χ1v) is 12.7. The second kappa shape index (κ2) is 8.65. The van der Waals surface area contributed by atoms with E-state index in [-0.39, 0.29) is 10.6 Å². The van der Waals surface area contributed by atoms with Gasteiger partial charge >= 0.3 is 6.18 Å². The van der Waals surface area contributed by atoms with E-state index >= 15 is 0 Å². The molecule has 2 aromatic rings. The molecule has 0 spiro atoms. The maximum absolute atomic E-state index is 13.4. The van der Waals surface area contributed by atoms with Crippen molar-refractivity contribution in [2.45, 2.75) is 43.2 Å². The number of alkyl halides is 3. The van der Waals surface area contributed by atoms with Gasteiger partial charge in [0.2, 0.25) is 0 Å². The molecule has 1 aliphatic carbocycles. The van der Waals surface area contributed by atoms with Crippen LogP contribution < -0.4 is 9.62 Å². The van der Waals surface area contributed by atoms with Crippen LogP contribution in [0.2, 0.25) is 0 Å². The average Bonchev–Trinajstić information content (AvgIpc) is 2.73. The zero-order chi connectivity index (χ0) is 22.2. The molecule has 4 rings (SSSR count). The SMILES string of the molecule is O=S(=O)(Nc1cc(C(F)(F)F)ccc1N1CCC2CCCC[C@H]2C1)c1ccc(Br)cc1. The van der Waals surface area contributed by atoms with Crippen molar-refractivity contribution in [1.29, 1.82) is 0 Å². The Labute approximate surface area is 189 Å². The molecule has 2 atom stereocenters. The van der Waals surface area contributed by atoms with Gasteiger partial charge in [0, 0.05) is 17.6 Å². The fourth-order valence-corrected chi connectivity index (χ4v) is 6.04. The van der Waals surface area contributed by atoms with Crippen molar-refractivity contribution in [2.24, 2.45) is 11.8 Å². The third-order valence-corrected chi connectivity index (χ3v) is 8.23. The summed E-state index contributed by atoms with van der Waals surface area (Å²) in [6.07, 6.45) is 1.14. The number of hydrogen-bond acceptors (Lipinski definition) is 3. The highest BCUT2D eigenvalue weighted by molar-refractivity contribution is 9.10. The van der Waals surface area contributed by atoms with Crippen LogP contribution in [0.4, 0.5) is 24.5 Å². The minimum atomic E-state index is -4.56. The van der Waals surface area contributed by atoms with Crippen molar-refractivity contribution in [3.63, 3.8) is 0 Å². The zero-order valence-electron chi connectivity index (χ0n) is 16.8. The van der Waals surface area contributed by atoms with E-state index in [0.717, 1.165) is 31.5 Å². The van der Waals surface area contributed by atoms with Gasteiger partial charge in [-0.2, -0.15) is 13.2 Å². The van der Waals surface area contributed by atoms with E-state index in [1.165, 1.54) is 37.5 Å². The molecular weight excluding hydrogens is 493 g/mol. The van der Waals surface area contributed by atoms with Crippen LogP contribution in [0.25, 0.3) is 0 Å². The van der Waals surface area contributed by atoms with Gasteiger partial charge in [0.05, 0.1) is 21.8 Å². The number of piperidine rings is 1. The Morgan fingerprint density at radius 1 is 0.968 bits per heavy atom. The Hall–Kier alpha value is -1.74. The Morgan fingerprint density at radius 2 is 1.65 bits per heavy atom. The minimum Gasteiger partial charge on any atom is -0.370 e. The number of halogens is 4. The lowest BCUT2D eigenvalue weighted by Gasteiger charge is -2.42. The lowest BCUT2D eigenvalue weighted by molar-refractivity contribution is -0.137. The van der Waals surface area contributed by atoms with Crippen molar-refractivity contribution in [3.05, 3.63) is 52.5 Å². The van der Waals surface area contributed by atoms with Gasteiger partial charge in [-0.15, -0.1) is 0 Å². The van der Waals surface area contributed by atoms with Crippen LogP contribution >= 0.6 is 15.9 Å². The summed E-state index contributed by atoms with van der Waals surface area (Å²) in [5, 5.41) is 0. The molecule has 0 bridgehead atoms. The highest BCUT2D eigenvalue weighted by Crippen LogP contribution is 2.41. The van der Waals surface area contributed by atoms with Crippen LogP contribution in [-0.2, 0) is 16.2 Å². The minimum absolute atomic E-state index is 0.00921. The summed E-state index contributed by atoms with van der Waals surface area (Å²) in [6.45, 7) is 1.45. The van der Waals surface area contributed by atoms with Gasteiger partial charge in [0.1, 0.15) is 0 Å². The number of hydrogen-bond donors (Lipinski definition) is 1. The smallest absolute Gasteiger partial charge is 0.370 e. The van der Waals surface area contributed by atoms with E-state index < -0.39 is 21.8 Å². The molecule has 31 heavy (non-hydrogen) atoms. The molecular formula is C22H24BrF3N2O2S. The Bertz CT molecular complexity index is 1040. The molecule has 0 amide bonds. The molecule has 1 heterocycles. The summed E-state index contributed by atoms with van der Waals surface area (Å²) < 4.78 is 69.1. The lowest BCUT2D eigenvalue weighted by Crippen LogP contribution is -2.42. The summed E-state index contributed by atoms with van der Waals surface area (Å²) in [4.78, 5) is 2.02. The van der Waals surface area contributed by atoms with Gasteiger partial charge in [-0.1, -0.05) is 35.2 Å². The van der Waals surface area contributed by atoms with Crippen LogP contribution in [0, 0.1) is 11.8 Å². The molecule has 2 aliphatic rings. The third-order valence-electron chi connectivity index (χ3n) is 6.32. The molecule has 168 valence electrons. The second-order valence-electron chi connectivity index (χ2n) is 8.33. The van der Waals surface area contributed by atoms with Crippen molar-refractivity contribution < 1.29 is 21.6 Å². The average molecular weight is 517 g/mol. The maximum Gasteiger partial charge on any atom is 0.416 e. The molecule has 1 saturated carbocycles. The van der Waals surface area contributed by atoms with Crippen molar-refractivity contribution >= 4 is 37.3 Å². The van der Waals surface area contributed by atoms with E-state index in [4.69, 9.17) is 0 Å². The Kier molecular flexibility index (Phi) is 6.27. The van der Waals surface area contributed by atoms with Gasteiger partial charge < -0.3 is 4.90 Å². The number of benzene rings is 2. The number of anilines is 2. The summed E-state index contributed by atoms with van der Waals surface area (Å²) in [7, 11) is -4.04. The number of rotatable bonds is 4. The van der Waals surface area contributed by atoms with E-state index in [9.17, 15) is 21.6 Å². The van der Waals surface area contributed by atoms with Crippen LogP contribution in [0.1, 0.15) is 37.7 Å². The fourth-order valence-electron chi connectivity index (χ4n) is 4.71. The van der Waals surface area contributed by atoms with Crippen LogP contribution in [-0.4, -0.2) is 21.5 Å². The second-order valence-corrected chi connectivity index (χ2v) is 10.9. The van der Waals surface area contributed by atoms with Gasteiger partial charge in [-0.25, -0.2) is 8.42 Å². The molecule has 4 nitrogen and oxygen atoms in total.